The second-order valence-electron chi connectivity index (χ2n) is 8.86. The van der Waals surface area contributed by atoms with Crippen molar-refractivity contribution in [3.63, 3.8) is 0 Å². The summed E-state index contributed by atoms with van der Waals surface area (Å²) in [7, 11) is 1.68. The topological polar surface area (TPSA) is 137 Å². The van der Waals surface area contributed by atoms with E-state index in [0.29, 0.717) is 12.2 Å². The van der Waals surface area contributed by atoms with Crippen molar-refractivity contribution in [2.45, 2.75) is 31.8 Å². The number of ether oxygens (including phenoxy) is 1. The van der Waals surface area contributed by atoms with Crippen LogP contribution >= 0.6 is 0 Å². The standard InChI is InChI=1S/C25H20F4N8O3/c1-37-35-22(34-36-37)15-3-5-16-14(9-15)4-7-18(16)33-24(39)20-10-19(31-12-32-20)23(38)30-11-13-2-6-17(26)21(8-13)40-25(27,28)29/h2-3,5-6,8-10,12,18H,4,7,11H2,1H3,(H,30,38)(H,33,39). The van der Waals surface area contributed by atoms with Gasteiger partial charge in [0, 0.05) is 18.2 Å². The van der Waals surface area contributed by atoms with E-state index < -0.39 is 29.7 Å². The fourth-order valence-electron chi connectivity index (χ4n) is 4.28. The highest BCUT2D eigenvalue weighted by atomic mass is 19.4. The van der Waals surface area contributed by atoms with Crippen molar-refractivity contribution < 1.29 is 31.9 Å². The Balaban J connectivity index is 1.22. The third-order valence-electron chi connectivity index (χ3n) is 6.10. The van der Waals surface area contributed by atoms with E-state index >= 15 is 0 Å². The highest BCUT2D eigenvalue weighted by molar-refractivity contribution is 5.97. The molecule has 1 aliphatic rings. The van der Waals surface area contributed by atoms with Crippen LogP contribution in [0, 0.1) is 5.82 Å². The van der Waals surface area contributed by atoms with Crippen LogP contribution in [0.3, 0.4) is 0 Å². The quantitative estimate of drug-likeness (QED) is 0.332. The fourth-order valence-corrected chi connectivity index (χ4v) is 4.28. The minimum absolute atomic E-state index is 0.0448. The summed E-state index contributed by atoms with van der Waals surface area (Å²) in [6.07, 6.45) is -2.63. The van der Waals surface area contributed by atoms with Crippen LogP contribution in [0.25, 0.3) is 11.4 Å². The highest BCUT2D eigenvalue weighted by Crippen LogP contribution is 2.33. The first-order valence-electron chi connectivity index (χ1n) is 11.9. The number of benzene rings is 2. The van der Waals surface area contributed by atoms with Crippen LogP contribution in [-0.4, -0.2) is 48.4 Å². The van der Waals surface area contributed by atoms with E-state index in [9.17, 15) is 27.2 Å². The van der Waals surface area contributed by atoms with Crippen LogP contribution in [-0.2, 0) is 20.0 Å². The molecule has 0 saturated carbocycles. The van der Waals surface area contributed by atoms with E-state index in [4.69, 9.17) is 0 Å². The van der Waals surface area contributed by atoms with E-state index in [2.05, 4.69) is 40.7 Å². The predicted octanol–water partition coefficient (Wildman–Crippen LogP) is 3.05. The van der Waals surface area contributed by atoms with Gasteiger partial charge in [0.1, 0.15) is 17.7 Å². The van der Waals surface area contributed by atoms with Crippen molar-refractivity contribution >= 4 is 11.8 Å². The first-order chi connectivity index (χ1) is 19.1. The SMILES string of the molecule is Cn1nnc(-c2ccc3c(c2)CCC3NC(=O)c2cc(C(=O)NCc3ccc(F)c(OC(F)(F)F)c3)ncn2)n1. The second kappa shape index (κ2) is 10.7. The minimum atomic E-state index is -5.07. The van der Waals surface area contributed by atoms with Crippen LogP contribution < -0.4 is 15.4 Å². The van der Waals surface area contributed by atoms with Gasteiger partial charge in [0.25, 0.3) is 11.8 Å². The van der Waals surface area contributed by atoms with Gasteiger partial charge in [0.2, 0.25) is 5.82 Å². The molecule has 1 atom stereocenters. The molecule has 0 bridgehead atoms. The van der Waals surface area contributed by atoms with Crippen LogP contribution in [0.4, 0.5) is 17.6 Å². The maximum Gasteiger partial charge on any atom is 0.573 e. The summed E-state index contributed by atoms with van der Waals surface area (Å²) >= 11 is 0. The Bertz CT molecular complexity index is 1590. The third-order valence-corrected chi connectivity index (χ3v) is 6.10. The van der Waals surface area contributed by atoms with E-state index in [1.807, 2.05) is 18.2 Å². The Labute approximate surface area is 223 Å². The number of hydrogen-bond donors (Lipinski definition) is 2. The molecule has 206 valence electrons. The van der Waals surface area contributed by atoms with Crippen molar-refractivity contribution in [3.05, 3.63) is 82.7 Å². The molecule has 4 aromatic rings. The summed E-state index contributed by atoms with van der Waals surface area (Å²) in [6, 6.07) is 9.47. The summed E-state index contributed by atoms with van der Waals surface area (Å²) in [5, 5.41) is 17.4. The van der Waals surface area contributed by atoms with Crippen LogP contribution in [0.5, 0.6) is 5.75 Å². The molecule has 15 heteroatoms. The molecule has 40 heavy (non-hydrogen) atoms. The fraction of sp³-hybridized carbons (Fsp3) is 0.240. The van der Waals surface area contributed by atoms with Gasteiger partial charge in [-0.25, -0.2) is 14.4 Å². The number of aromatic nitrogens is 6. The number of fused-ring (bicyclic) bond motifs is 1. The third kappa shape index (κ3) is 6.03. The second-order valence-corrected chi connectivity index (χ2v) is 8.86. The molecular weight excluding hydrogens is 536 g/mol. The first kappa shape index (κ1) is 26.6. The van der Waals surface area contributed by atoms with Gasteiger partial charge in [-0.15, -0.1) is 23.4 Å². The number of aryl methyl sites for hydroxylation is 2. The molecule has 0 radical (unpaired) electrons. The maximum atomic E-state index is 13.6. The van der Waals surface area contributed by atoms with Crippen LogP contribution in [0.15, 0.2) is 48.8 Å². The lowest BCUT2D eigenvalue weighted by Crippen LogP contribution is -2.29. The van der Waals surface area contributed by atoms with Gasteiger partial charge < -0.3 is 15.4 Å². The van der Waals surface area contributed by atoms with E-state index in [-0.39, 0.29) is 29.5 Å². The number of carbonyl (C=O) groups is 2. The molecule has 2 N–H and O–H groups in total. The minimum Gasteiger partial charge on any atom is -0.403 e. The van der Waals surface area contributed by atoms with Crippen molar-refractivity contribution in [2.75, 3.05) is 0 Å². The smallest absolute Gasteiger partial charge is 0.403 e. The van der Waals surface area contributed by atoms with Gasteiger partial charge in [-0.3, -0.25) is 9.59 Å². The molecule has 2 aromatic heterocycles. The molecular formula is C25H20F4N8O3. The Morgan fingerprint density at radius 1 is 1.07 bits per heavy atom. The number of amides is 2. The van der Waals surface area contributed by atoms with Gasteiger partial charge in [-0.05, 0) is 52.9 Å². The lowest BCUT2D eigenvalue weighted by atomic mass is 10.0. The summed E-state index contributed by atoms with van der Waals surface area (Å²) < 4.78 is 54.7. The van der Waals surface area contributed by atoms with Gasteiger partial charge in [0.15, 0.2) is 11.6 Å². The Hall–Kier alpha value is -4.95. The summed E-state index contributed by atoms with van der Waals surface area (Å²) in [6.45, 7) is -0.246. The number of nitrogens with one attached hydrogen (secondary N) is 2. The molecule has 2 heterocycles. The summed E-state index contributed by atoms with van der Waals surface area (Å²) in [5.74, 6) is -2.95. The van der Waals surface area contributed by atoms with Crippen molar-refractivity contribution in [3.8, 4) is 17.1 Å². The van der Waals surface area contributed by atoms with E-state index in [1.54, 1.807) is 7.05 Å². The molecule has 2 amide bonds. The van der Waals surface area contributed by atoms with Gasteiger partial charge in [-0.1, -0.05) is 18.2 Å². The number of rotatable bonds is 7. The molecule has 0 saturated heterocycles. The largest absolute Gasteiger partial charge is 0.573 e. The van der Waals surface area contributed by atoms with Gasteiger partial charge >= 0.3 is 6.36 Å². The van der Waals surface area contributed by atoms with Crippen molar-refractivity contribution in [1.82, 2.24) is 40.8 Å². The normalized spacial score (nSPS) is 14.5. The average molecular weight is 556 g/mol. The van der Waals surface area contributed by atoms with E-state index in [1.165, 1.54) is 16.9 Å². The first-order valence-corrected chi connectivity index (χ1v) is 11.9. The summed E-state index contributed by atoms with van der Waals surface area (Å²) in [5.41, 5.74) is 2.77. The van der Waals surface area contributed by atoms with E-state index in [0.717, 1.165) is 41.6 Å². The van der Waals surface area contributed by atoms with Crippen LogP contribution in [0.1, 0.15) is 50.1 Å². The zero-order valence-corrected chi connectivity index (χ0v) is 20.7. The number of carbonyl (C=O) groups excluding carboxylic acids is 2. The summed E-state index contributed by atoms with van der Waals surface area (Å²) in [4.78, 5) is 34.7. The number of alkyl halides is 3. The number of halogens is 4. The highest BCUT2D eigenvalue weighted by Gasteiger charge is 2.32. The predicted molar refractivity (Wildman–Crippen MR) is 129 cm³/mol. The number of hydrogen-bond acceptors (Lipinski definition) is 8. The molecule has 1 unspecified atom stereocenters. The molecule has 5 rings (SSSR count). The Kier molecular flexibility index (Phi) is 7.11. The maximum absolute atomic E-state index is 13.6. The van der Waals surface area contributed by atoms with Gasteiger partial charge in [0.05, 0.1) is 13.1 Å². The molecule has 11 nitrogen and oxygen atoms in total. The van der Waals surface area contributed by atoms with Gasteiger partial charge in [-0.2, -0.15) is 4.80 Å². The number of nitrogens with zero attached hydrogens (tertiary/aromatic N) is 6. The zero-order chi connectivity index (χ0) is 28.4. The van der Waals surface area contributed by atoms with Crippen molar-refractivity contribution in [1.29, 1.82) is 0 Å². The average Bonchev–Trinajstić information content (AvgIpc) is 3.54. The molecule has 0 fully saturated rings. The lowest BCUT2D eigenvalue weighted by molar-refractivity contribution is -0.275. The zero-order valence-electron chi connectivity index (χ0n) is 20.7. The molecule has 0 spiro atoms. The monoisotopic (exact) mass is 556 g/mol. The lowest BCUT2D eigenvalue weighted by Gasteiger charge is -2.14. The Morgan fingerprint density at radius 2 is 1.85 bits per heavy atom. The van der Waals surface area contributed by atoms with Crippen LogP contribution in [0.2, 0.25) is 0 Å². The Morgan fingerprint density at radius 3 is 2.58 bits per heavy atom. The number of tetrazole rings is 1. The van der Waals surface area contributed by atoms with Crippen molar-refractivity contribution in [2.24, 2.45) is 7.05 Å². The molecule has 2 aromatic carbocycles. The molecule has 0 aliphatic heterocycles. The molecule has 1 aliphatic carbocycles.